The minimum atomic E-state index is -0.958. The fraction of sp³-hybridized carbons (Fsp3) is 1.00. The van der Waals surface area contributed by atoms with Crippen LogP contribution in [-0.2, 0) is 0 Å². The Morgan fingerprint density at radius 1 is 1.75 bits per heavy atom. The summed E-state index contributed by atoms with van der Waals surface area (Å²) in [6, 6.07) is 0. The molecule has 0 fully saturated rings. The van der Waals surface area contributed by atoms with Crippen molar-refractivity contribution in [1.29, 1.82) is 0 Å². The zero-order valence-corrected chi connectivity index (χ0v) is 3.21. The van der Waals surface area contributed by atoms with Crippen molar-refractivity contribution in [2.45, 2.75) is 26.6 Å². The van der Waals surface area contributed by atoms with Crippen LogP contribution >= 0.6 is 0 Å². The summed E-state index contributed by atoms with van der Waals surface area (Å²) < 4.78 is 13.7. The van der Waals surface area contributed by atoms with Crippen LogP contribution in [0.25, 0.3) is 0 Å². The number of hydrogen-bond donors (Lipinski definition) is 0. The molecule has 0 aliphatic rings. The molecule has 0 heterocycles. The molecule has 0 unspecified atom stereocenters. The molecule has 4 heavy (non-hydrogen) atoms. The van der Waals surface area contributed by atoms with Crippen LogP contribution in [0.4, 0.5) is 0 Å². The maximum Gasteiger partial charge on any atom is 0.0264 e. The summed E-state index contributed by atoms with van der Waals surface area (Å²) >= 11 is 0. The Morgan fingerprint density at radius 3 is 2.00 bits per heavy atom. The Bertz CT molecular complexity index is 35.3. The standard InChI is InChI=1S/C4H10/c1-3-4-2/h3-4H2,1-2H3/i3D2. The smallest absolute Gasteiger partial charge is 0.0264 e. The van der Waals surface area contributed by atoms with Crippen LogP contribution in [0.5, 0.6) is 0 Å². The molecule has 0 radical (unpaired) electrons. The number of rotatable bonds is 1. The first-order valence-corrected chi connectivity index (χ1v) is 1.56. The Balaban J connectivity index is 3.17. The van der Waals surface area contributed by atoms with E-state index in [0.717, 1.165) is 0 Å². The monoisotopic (exact) mass is 60.1 g/mol. The summed E-state index contributed by atoms with van der Waals surface area (Å²) in [5, 5.41) is 0. The van der Waals surface area contributed by atoms with Crippen molar-refractivity contribution in [2.24, 2.45) is 0 Å². The van der Waals surface area contributed by atoms with Crippen LogP contribution in [0.2, 0.25) is 0 Å². The van der Waals surface area contributed by atoms with E-state index in [9.17, 15) is 0 Å². The second-order valence-electron chi connectivity index (χ2n) is 0.707. The highest BCUT2D eigenvalue weighted by Gasteiger charge is 1.56. The van der Waals surface area contributed by atoms with Gasteiger partial charge >= 0.3 is 0 Å². The Kier molecular flexibility index (Phi) is 1.08. The van der Waals surface area contributed by atoms with Crippen LogP contribution in [0, 0.1) is 0 Å². The Hall–Kier alpha value is 0. The molecule has 0 nitrogen and oxygen atoms in total. The molecule has 0 amide bonds. The predicted octanol–water partition coefficient (Wildman–Crippen LogP) is 1.81. The molecule has 0 saturated heterocycles. The van der Waals surface area contributed by atoms with E-state index in [1.165, 1.54) is 0 Å². The van der Waals surface area contributed by atoms with Gasteiger partial charge in [0.1, 0.15) is 0 Å². The molecule has 0 rings (SSSR count). The van der Waals surface area contributed by atoms with Crippen LogP contribution < -0.4 is 0 Å². The van der Waals surface area contributed by atoms with Crippen molar-refractivity contribution in [3.05, 3.63) is 0 Å². The first-order chi connectivity index (χ1) is 2.56. The zero-order valence-electron chi connectivity index (χ0n) is 5.21. The minimum absolute atomic E-state index is 0.604. The zero-order chi connectivity index (χ0) is 5.21. The second-order valence-corrected chi connectivity index (χ2v) is 0.707. The van der Waals surface area contributed by atoms with Gasteiger partial charge in [-0.3, -0.25) is 0 Å². The van der Waals surface area contributed by atoms with Crippen molar-refractivity contribution in [1.82, 2.24) is 0 Å². The van der Waals surface area contributed by atoms with Gasteiger partial charge in [0.25, 0.3) is 0 Å². The quantitative estimate of drug-likeness (QED) is 0.433. The van der Waals surface area contributed by atoms with Crippen LogP contribution in [-0.4, -0.2) is 0 Å². The molecule has 0 aromatic heterocycles. The van der Waals surface area contributed by atoms with E-state index in [0.29, 0.717) is 6.42 Å². The summed E-state index contributed by atoms with van der Waals surface area (Å²) in [7, 11) is 0. The molecule has 0 heteroatoms. The van der Waals surface area contributed by atoms with Gasteiger partial charge in [-0.05, 0) is 0 Å². The highest BCUT2D eigenvalue weighted by molar-refractivity contribution is 4.12. The molecule has 0 bridgehead atoms. The Labute approximate surface area is 30.6 Å². The second kappa shape index (κ2) is 3.00. The molecule has 0 N–H and O–H groups in total. The highest BCUT2D eigenvalue weighted by Crippen LogP contribution is 1.76. The molecule has 0 atom stereocenters. The largest absolute Gasteiger partial charge is 0.0654 e. The van der Waals surface area contributed by atoms with E-state index >= 15 is 0 Å². The average molecular weight is 60.1 g/mol. The van der Waals surface area contributed by atoms with E-state index in [1.54, 1.807) is 6.92 Å². The van der Waals surface area contributed by atoms with Gasteiger partial charge in [0.15, 0.2) is 0 Å². The third-order valence-electron chi connectivity index (χ3n) is 0.354. The third-order valence-corrected chi connectivity index (χ3v) is 0.354. The molecule has 26 valence electrons. The van der Waals surface area contributed by atoms with Crippen LogP contribution in [0.3, 0.4) is 0 Å². The Morgan fingerprint density at radius 2 is 2.00 bits per heavy atom. The van der Waals surface area contributed by atoms with E-state index in [4.69, 9.17) is 2.74 Å². The summed E-state index contributed by atoms with van der Waals surface area (Å²) in [5.74, 6) is 0. The third kappa shape index (κ3) is 2.00. The molecule has 0 aliphatic heterocycles. The number of hydrogen-bond acceptors (Lipinski definition) is 0. The van der Waals surface area contributed by atoms with E-state index < -0.39 is 6.37 Å². The SMILES string of the molecule is [2H]C([2H])(C)CC. The molecular formula is C4H10. The van der Waals surface area contributed by atoms with Gasteiger partial charge in [0.05, 0.1) is 0 Å². The molecule has 0 aliphatic carbocycles. The summed E-state index contributed by atoms with van der Waals surface area (Å²) in [5.41, 5.74) is 0. The minimum Gasteiger partial charge on any atom is -0.0654 e. The van der Waals surface area contributed by atoms with Crippen LogP contribution in [0.1, 0.15) is 29.4 Å². The van der Waals surface area contributed by atoms with E-state index in [1.807, 2.05) is 6.92 Å². The lowest BCUT2D eigenvalue weighted by Crippen LogP contribution is -1.47. The normalized spacial score (nSPS) is 18.5. The highest BCUT2D eigenvalue weighted by atomic mass is 13.6. The lowest BCUT2D eigenvalue weighted by atomic mass is 10.4. The summed E-state index contributed by atoms with van der Waals surface area (Å²) in [6.45, 7) is 3.41. The van der Waals surface area contributed by atoms with Crippen LogP contribution in [0.15, 0.2) is 0 Å². The first-order valence-electron chi connectivity index (χ1n) is 2.56. The lowest BCUT2D eigenvalue weighted by molar-refractivity contribution is 0.886. The topological polar surface area (TPSA) is 0 Å². The van der Waals surface area contributed by atoms with E-state index in [2.05, 4.69) is 0 Å². The predicted molar refractivity (Wildman–Crippen MR) is 20.6 cm³/mol. The molecular weight excluding hydrogens is 48.0 g/mol. The maximum atomic E-state index is 6.85. The van der Waals surface area contributed by atoms with Gasteiger partial charge in [-0.1, -0.05) is 26.6 Å². The summed E-state index contributed by atoms with van der Waals surface area (Å²) in [6.07, 6.45) is -0.354. The molecule has 0 saturated carbocycles. The van der Waals surface area contributed by atoms with Crippen molar-refractivity contribution in [3.63, 3.8) is 0 Å². The van der Waals surface area contributed by atoms with Crippen molar-refractivity contribution in [3.8, 4) is 0 Å². The van der Waals surface area contributed by atoms with Gasteiger partial charge in [0.2, 0.25) is 0 Å². The van der Waals surface area contributed by atoms with Gasteiger partial charge in [0, 0.05) is 2.74 Å². The van der Waals surface area contributed by atoms with Gasteiger partial charge < -0.3 is 0 Å². The summed E-state index contributed by atoms with van der Waals surface area (Å²) in [4.78, 5) is 0. The van der Waals surface area contributed by atoms with Gasteiger partial charge in [-0.15, -0.1) is 0 Å². The van der Waals surface area contributed by atoms with Crippen molar-refractivity contribution < 1.29 is 2.74 Å². The van der Waals surface area contributed by atoms with E-state index in [-0.39, 0.29) is 0 Å². The fourth-order valence-electron chi connectivity index (χ4n) is 0. The molecule has 0 aromatic rings. The van der Waals surface area contributed by atoms with Gasteiger partial charge in [-0.25, -0.2) is 0 Å². The average Bonchev–Trinajstić information content (AvgIpc) is 1.35. The van der Waals surface area contributed by atoms with Crippen molar-refractivity contribution >= 4 is 0 Å². The maximum absolute atomic E-state index is 6.85. The fourth-order valence-corrected chi connectivity index (χ4v) is 0. The first kappa shape index (κ1) is 1.44. The van der Waals surface area contributed by atoms with Crippen molar-refractivity contribution in [2.75, 3.05) is 0 Å². The van der Waals surface area contributed by atoms with Gasteiger partial charge in [-0.2, -0.15) is 0 Å². The lowest BCUT2D eigenvalue weighted by Gasteiger charge is -1.68. The molecule has 0 aromatic carbocycles. The molecule has 0 spiro atoms.